The monoisotopic (exact) mass is 299 g/mol. The van der Waals surface area contributed by atoms with Crippen molar-refractivity contribution >= 4 is 16.9 Å². The van der Waals surface area contributed by atoms with E-state index in [1.807, 2.05) is 0 Å². The highest BCUT2D eigenvalue weighted by molar-refractivity contribution is 5.96. The number of carbonyl (C=O) groups excluding carboxylic acids is 1. The summed E-state index contributed by atoms with van der Waals surface area (Å²) in [7, 11) is 3.20. The summed E-state index contributed by atoms with van der Waals surface area (Å²) in [5.74, 6) is 0.464. The lowest BCUT2D eigenvalue weighted by Gasteiger charge is -2.05. The average Bonchev–Trinajstić information content (AvgIpc) is 2.92. The van der Waals surface area contributed by atoms with Crippen molar-refractivity contribution in [1.29, 1.82) is 0 Å². The van der Waals surface area contributed by atoms with Gasteiger partial charge in [0, 0.05) is 12.6 Å². The van der Waals surface area contributed by atoms with Crippen LogP contribution < -0.4 is 10.3 Å². The standard InChI is InChI=1S/C14H13N5O3/c1-18-13-12(16-17-18)14(21)19(8-15-13)7-11(20)9-3-5-10(22-2)6-4-9/h3-6,8H,7H2,1-2H3. The number of rotatable bonds is 4. The number of aryl methyl sites for hydroxylation is 1. The minimum absolute atomic E-state index is 0.106. The van der Waals surface area contributed by atoms with E-state index in [0.717, 1.165) is 0 Å². The first kappa shape index (κ1) is 13.9. The van der Waals surface area contributed by atoms with E-state index >= 15 is 0 Å². The van der Waals surface area contributed by atoms with Crippen molar-refractivity contribution in [3.05, 3.63) is 46.5 Å². The van der Waals surface area contributed by atoms with E-state index in [4.69, 9.17) is 4.74 Å². The van der Waals surface area contributed by atoms with Crippen LogP contribution in [0.3, 0.4) is 0 Å². The quantitative estimate of drug-likeness (QED) is 0.648. The van der Waals surface area contributed by atoms with Gasteiger partial charge in [-0.15, -0.1) is 5.10 Å². The number of nitrogens with zero attached hydrogens (tertiary/aromatic N) is 5. The summed E-state index contributed by atoms with van der Waals surface area (Å²) in [5, 5.41) is 7.52. The summed E-state index contributed by atoms with van der Waals surface area (Å²) >= 11 is 0. The Hall–Kier alpha value is -3.03. The molecule has 3 aromatic rings. The molecular formula is C14H13N5O3. The zero-order chi connectivity index (χ0) is 15.7. The highest BCUT2D eigenvalue weighted by atomic mass is 16.5. The van der Waals surface area contributed by atoms with Gasteiger partial charge in [-0.1, -0.05) is 5.21 Å². The molecule has 0 fully saturated rings. The van der Waals surface area contributed by atoms with E-state index in [1.54, 1.807) is 38.4 Å². The van der Waals surface area contributed by atoms with Crippen LogP contribution in [0.25, 0.3) is 11.2 Å². The van der Waals surface area contributed by atoms with Crippen molar-refractivity contribution < 1.29 is 9.53 Å². The molecule has 0 unspecified atom stereocenters. The van der Waals surface area contributed by atoms with Gasteiger partial charge in [0.25, 0.3) is 5.56 Å². The van der Waals surface area contributed by atoms with Gasteiger partial charge < -0.3 is 4.74 Å². The summed E-state index contributed by atoms with van der Waals surface area (Å²) in [6.45, 7) is -0.106. The molecule has 0 saturated carbocycles. The van der Waals surface area contributed by atoms with Gasteiger partial charge in [0.1, 0.15) is 12.1 Å². The number of fused-ring (bicyclic) bond motifs is 1. The zero-order valence-corrected chi connectivity index (χ0v) is 12.1. The number of carbonyl (C=O) groups is 1. The Morgan fingerprint density at radius 3 is 2.68 bits per heavy atom. The Kier molecular flexibility index (Phi) is 3.42. The van der Waals surface area contributed by atoms with Gasteiger partial charge in [-0.3, -0.25) is 14.2 Å². The van der Waals surface area contributed by atoms with Crippen LogP contribution in [0.4, 0.5) is 0 Å². The summed E-state index contributed by atoms with van der Waals surface area (Å²) in [5.41, 5.74) is 0.637. The molecule has 0 saturated heterocycles. The van der Waals surface area contributed by atoms with Gasteiger partial charge >= 0.3 is 0 Å². The number of ether oxygens (including phenoxy) is 1. The smallest absolute Gasteiger partial charge is 0.283 e. The number of hydrogen-bond donors (Lipinski definition) is 0. The van der Waals surface area contributed by atoms with Crippen molar-refractivity contribution in [3.63, 3.8) is 0 Å². The van der Waals surface area contributed by atoms with Crippen molar-refractivity contribution in [1.82, 2.24) is 24.5 Å². The van der Waals surface area contributed by atoms with Gasteiger partial charge in [0.15, 0.2) is 16.9 Å². The fraction of sp³-hybridized carbons (Fsp3) is 0.214. The molecule has 2 heterocycles. The van der Waals surface area contributed by atoms with Crippen LogP contribution in [0.15, 0.2) is 35.4 Å². The number of ketones is 1. The molecule has 22 heavy (non-hydrogen) atoms. The van der Waals surface area contributed by atoms with E-state index < -0.39 is 0 Å². The summed E-state index contributed by atoms with van der Waals surface area (Å²) in [6, 6.07) is 6.70. The van der Waals surface area contributed by atoms with E-state index in [-0.39, 0.29) is 23.4 Å². The Morgan fingerprint density at radius 2 is 2.00 bits per heavy atom. The first-order chi connectivity index (χ1) is 10.6. The predicted octanol–water partition coefficient (Wildman–Crippen LogP) is 0.416. The van der Waals surface area contributed by atoms with Crippen LogP contribution in [0.2, 0.25) is 0 Å². The van der Waals surface area contributed by atoms with Gasteiger partial charge in [-0.05, 0) is 24.3 Å². The van der Waals surface area contributed by atoms with E-state index in [2.05, 4.69) is 15.3 Å². The van der Waals surface area contributed by atoms with Crippen LogP contribution in [0.1, 0.15) is 10.4 Å². The summed E-state index contributed by atoms with van der Waals surface area (Å²) in [4.78, 5) is 28.6. The molecule has 0 radical (unpaired) electrons. The van der Waals surface area contributed by atoms with Crippen LogP contribution >= 0.6 is 0 Å². The maximum atomic E-state index is 12.2. The SMILES string of the molecule is COc1ccc(C(=O)Cn2cnc3c(nnn3C)c2=O)cc1. The van der Waals surface area contributed by atoms with Gasteiger partial charge in [0.05, 0.1) is 13.7 Å². The number of benzene rings is 1. The van der Waals surface area contributed by atoms with Gasteiger partial charge in [0.2, 0.25) is 0 Å². The molecule has 112 valence electrons. The lowest BCUT2D eigenvalue weighted by atomic mass is 10.1. The first-order valence-corrected chi connectivity index (χ1v) is 6.52. The lowest BCUT2D eigenvalue weighted by Crippen LogP contribution is -2.25. The van der Waals surface area contributed by atoms with E-state index in [9.17, 15) is 9.59 Å². The minimum atomic E-state index is -0.389. The number of Topliss-reactive ketones (excluding diaryl/α,β-unsaturated/α-hetero) is 1. The fourth-order valence-electron chi connectivity index (χ4n) is 2.08. The Morgan fingerprint density at radius 1 is 1.27 bits per heavy atom. The van der Waals surface area contributed by atoms with Crippen molar-refractivity contribution in [2.45, 2.75) is 6.54 Å². The molecule has 1 aromatic carbocycles. The Labute approximate surface area is 125 Å². The van der Waals surface area contributed by atoms with Crippen LogP contribution in [0.5, 0.6) is 5.75 Å². The average molecular weight is 299 g/mol. The molecule has 0 aliphatic rings. The third-order valence-corrected chi connectivity index (χ3v) is 3.31. The van der Waals surface area contributed by atoms with Crippen LogP contribution in [-0.2, 0) is 13.6 Å². The van der Waals surface area contributed by atoms with E-state index in [1.165, 1.54) is 15.6 Å². The Bertz CT molecular complexity index is 895. The Balaban J connectivity index is 1.90. The molecule has 0 aliphatic heterocycles. The molecule has 8 heteroatoms. The molecule has 0 atom stereocenters. The second kappa shape index (κ2) is 5.40. The summed E-state index contributed by atoms with van der Waals surface area (Å²) in [6.07, 6.45) is 1.33. The fourth-order valence-corrected chi connectivity index (χ4v) is 2.08. The second-order valence-electron chi connectivity index (χ2n) is 4.71. The third kappa shape index (κ3) is 2.34. The van der Waals surface area contributed by atoms with Gasteiger partial charge in [-0.25, -0.2) is 9.67 Å². The summed E-state index contributed by atoms with van der Waals surface area (Å²) < 4.78 is 7.68. The molecule has 0 aliphatic carbocycles. The molecule has 0 spiro atoms. The lowest BCUT2D eigenvalue weighted by molar-refractivity contribution is 0.0970. The number of aromatic nitrogens is 5. The molecule has 8 nitrogen and oxygen atoms in total. The normalized spacial score (nSPS) is 10.8. The molecular weight excluding hydrogens is 286 g/mol. The number of hydrogen-bond acceptors (Lipinski definition) is 6. The maximum Gasteiger partial charge on any atom is 0.283 e. The highest BCUT2D eigenvalue weighted by Crippen LogP contribution is 2.12. The second-order valence-corrected chi connectivity index (χ2v) is 4.71. The molecule has 2 aromatic heterocycles. The van der Waals surface area contributed by atoms with Gasteiger partial charge in [-0.2, -0.15) is 0 Å². The first-order valence-electron chi connectivity index (χ1n) is 6.52. The molecule has 0 N–H and O–H groups in total. The van der Waals surface area contributed by atoms with Crippen LogP contribution in [0, 0.1) is 0 Å². The predicted molar refractivity (Wildman–Crippen MR) is 77.9 cm³/mol. The maximum absolute atomic E-state index is 12.2. The largest absolute Gasteiger partial charge is 0.497 e. The third-order valence-electron chi connectivity index (χ3n) is 3.31. The minimum Gasteiger partial charge on any atom is -0.497 e. The van der Waals surface area contributed by atoms with E-state index in [0.29, 0.717) is 17.0 Å². The molecule has 3 rings (SSSR count). The van der Waals surface area contributed by atoms with Crippen LogP contribution in [-0.4, -0.2) is 37.4 Å². The number of methoxy groups -OCH3 is 1. The topological polar surface area (TPSA) is 91.9 Å². The zero-order valence-electron chi connectivity index (χ0n) is 12.1. The van der Waals surface area contributed by atoms with Crippen molar-refractivity contribution in [2.75, 3.05) is 7.11 Å². The van der Waals surface area contributed by atoms with Crippen molar-refractivity contribution in [3.8, 4) is 5.75 Å². The highest BCUT2D eigenvalue weighted by Gasteiger charge is 2.13. The van der Waals surface area contributed by atoms with Crippen molar-refractivity contribution in [2.24, 2.45) is 7.05 Å². The molecule has 0 bridgehead atoms. The molecule has 0 amide bonds.